The number of carbonyl (C=O) groups excluding carboxylic acids is 2. The number of fused-ring (bicyclic) bond motifs is 1. The van der Waals surface area contributed by atoms with Crippen LogP contribution in [0.3, 0.4) is 0 Å². The number of rotatable bonds is 7. The van der Waals surface area contributed by atoms with Crippen LogP contribution in [0, 0.1) is 5.82 Å². The molecule has 1 fully saturated rings. The summed E-state index contributed by atoms with van der Waals surface area (Å²) >= 11 is 1.03. The van der Waals surface area contributed by atoms with Crippen LogP contribution in [-0.2, 0) is 9.53 Å². The Morgan fingerprint density at radius 2 is 1.92 bits per heavy atom. The number of carboxylic acid groups (broad SMARTS) is 1. The van der Waals surface area contributed by atoms with Crippen LogP contribution in [0.5, 0.6) is 0 Å². The molecule has 1 aromatic carbocycles. The first-order valence-electron chi connectivity index (χ1n) is 11.3. The topological polar surface area (TPSA) is 178 Å². The number of ether oxygens (including phenoxy) is 1. The van der Waals surface area contributed by atoms with E-state index in [-0.39, 0.29) is 33.1 Å². The largest absolute Gasteiger partial charge is 0.478 e. The summed E-state index contributed by atoms with van der Waals surface area (Å²) in [4.78, 5) is 47.8. The van der Waals surface area contributed by atoms with Gasteiger partial charge in [0.2, 0.25) is 0 Å². The molecule has 4 heterocycles. The molecule has 3 aromatic heterocycles. The first-order valence-corrected chi connectivity index (χ1v) is 12.1. The second-order valence-electron chi connectivity index (χ2n) is 8.20. The molecule has 1 saturated heterocycles. The first kappa shape index (κ1) is 25.2. The minimum absolute atomic E-state index is 0.00228. The fourth-order valence-corrected chi connectivity index (χ4v) is 4.81. The molecule has 0 spiro atoms. The summed E-state index contributed by atoms with van der Waals surface area (Å²) in [5.74, 6) is -2.48. The SMILES string of the molecule is NC(=O)C(N1CCOCC1)n1ncc2c(C(=O)O)cc(-c3cnc(NC(=O)Nc4ccccc4F)s3)nc21. The third-order valence-corrected chi connectivity index (χ3v) is 6.71. The molecule has 1 unspecified atom stereocenters. The van der Waals surface area contributed by atoms with Crippen molar-refractivity contribution in [2.75, 3.05) is 36.9 Å². The van der Waals surface area contributed by atoms with Crippen molar-refractivity contribution in [2.24, 2.45) is 5.73 Å². The highest BCUT2D eigenvalue weighted by Crippen LogP contribution is 2.32. The number of halogens is 1. The normalized spacial score (nSPS) is 14.8. The Kier molecular flexibility index (Phi) is 6.95. The van der Waals surface area contributed by atoms with Crippen molar-refractivity contribution in [1.82, 2.24) is 24.6 Å². The van der Waals surface area contributed by atoms with Gasteiger partial charge >= 0.3 is 12.0 Å². The Bertz CT molecular complexity index is 1530. The number of amides is 3. The number of carbonyl (C=O) groups is 3. The number of primary amides is 1. The molecule has 13 nitrogen and oxygen atoms in total. The van der Waals surface area contributed by atoms with Crippen LogP contribution >= 0.6 is 11.3 Å². The fraction of sp³-hybridized carbons (Fsp3) is 0.217. The average Bonchev–Trinajstić information content (AvgIpc) is 3.53. The molecule has 3 amide bonds. The number of urea groups is 1. The van der Waals surface area contributed by atoms with Crippen molar-refractivity contribution in [1.29, 1.82) is 0 Å². The van der Waals surface area contributed by atoms with Crippen molar-refractivity contribution < 1.29 is 28.6 Å². The van der Waals surface area contributed by atoms with Gasteiger partial charge in [-0.1, -0.05) is 23.5 Å². The zero-order chi connectivity index (χ0) is 26.8. The molecule has 0 bridgehead atoms. The van der Waals surface area contributed by atoms with Gasteiger partial charge in [0, 0.05) is 19.3 Å². The number of benzene rings is 1. The van der Waals surface area contributed by atoms with Gasteiger partial charge in [-0.15, -0.1) is 0 Å². The number of carboxylic acids is 1. The summed E-state index contributed by atoms with van der Waals surface area (Å²) in [5, 5.41) is 19.4. The van der Waals surface area contributed by atoms with Gasteiger partial charge in [0.25, 0.3) is 5.91 Å². The number of para-hydroxylation sites is 1. The molecule has 0 saturated carbocycles. The van der Waals surface area contributed by atoms with Gasteiger partial charge in [-0.25, -0.2) is 28.6 Å². The maximum absolute atomic E-state index is 13.8. The van der Waals surface area contributed by atoms with Crippen molar-refractivity contribution in [3.63, 3.8) is 0 Å². The second-order valence-corrected chi connectivity index (χ2v) is 9.23. The second kappa shape index (κ2) is 10.5. The smallest absolute Gasteiger partial charge is 0.336 e. The molecule has 1 aliphatic rings. The zero-order valence-electron chi connectivity index (χ0n) is 19.6. The van der Waals surface area contributed by atoms with Crippen LogP contribution in [0.15, 0.2) is 42.7 Å². The van der Waals surface area contributed by atoms with Gasteiger partial charge in [-0.3, -0.25) is 15.0 Å². The van der Waals surface area contributed by atoms with E-state index in [0.29, 0.717) is 31.2 Å². The number of anilines is 2. The summed E-state index contributed by atoms with van der Waals surface area (Å²) in [5.41, 5.74) is 6.01. The Balaban J connectivity index is 1.47. The Morgan fingerprint density at radius 1 is 1.16 bits per heavy atom. The number of hydrogen-bond donors (Lipinski definition) is 4. The molecule has 1 aliphatic heterocycles. The average molecular weight is 541 g/mol. The van der Waals surface area contributed by atoms with E-state index in [1.54, 1.807) is 11.0 Å². The lowest BCUT2D eigenvalue weighted by molar-refractivity contribution is -0.129. The number of aromatic carboxylic acids is 1. The number of nitrogens with one attached hydrogen (secondary N) is 2. The lowest BCUT2D eigenvalue weighted by Crippen LogP contribution is -2.47. The van der Waals surface area contributed by atoms with Gasteiger partial charge in [0.05, 0.1) is 46.6 Å². The van der Waals surface area contributed by atoms with Gasteiger partial charge < -0.3 is 20.9 Å². The molecule has 4 aromatic rings. The maximum atomic E-state index is 13.8. The molecule has 5 rings (SSSR count). The number of nitrogens with zero attached hydrogens (tertiary/aromatic N) is 5. The summed E-state index contributed by atoms with van der Waals surface area (Å²) < 4.78 is 20.5. The molecule has 15 heteroatoms. The summed E-state index contributed by atoms with van der Waals surface area (Å²) in [6, 6.07) is 6.35. The summed E-state index contributed by atoms with van der Waals surface area (Å²) in [6.07, 6.45) is 1.75. The van der Waals surface area contributed by atoms with E-state index in [0.717, 1.165) is 11.3 Å². The van der Waals surface area contributed by atoms with Crippen LogP contribution in [-0.4, -0.2) is 74.0 Å². The number of morpholine rings is 1. The van der Waals surface area contributed by atoms with Crippen LogP contribution in [0.2, 0.25) is 0 Å². The number of nitrogens with two attached hydrogens (primary N) is 1. The molecule has 5 N–H and O–H groups in total. The number of thiazole rings is 1. The highest BCUT2D eigenvalue weighted by molar-refractivity contribution is 7.19. The molecule has 1 atom stereocenters. The van der Waals surface area contributed by atoms with E-state index in [1.165, 1.54) is 41.3 Å². The zero-order valence-corrected chi connectivity index (χ0v) is 20.4. The molecular formula is C23H21FN8O5S. The standard InChI is InChI=1S/C23H21FN8O5S/c24-14-3-1-2-4-15(14)29-22(36)30-23-26-11-17(38-23)16-9-12(21(34)35)13-10-27-32(19(13)28-16)20(18(25)33)31-5-7-37-8-6-31/h1-4,9-11,20H,5-8H2,(H2,25,33)(H,34,35)(H2,26,29,30,36). The summed E-state index contributed by atoms with van der Waals surface area (Å²) in [7, 11) is 0. The molecular weight excluding hydrogens is 519 g/mol. The van der Waals surface area contributed by atoms with Gasteiger partial charge in [-0.05, 0) is 18.2 Å². The number of aromatic nitrogens is 4. The van der Waals surface area contributed by atoms with Crippen LogP contribution < -0.4 is 16.4 Å². The van der Waals surface area contributed by atoms with Crippen molar-refractivity contribution in [3.8, 4) is 10.6 Å². The van der Waals surface area contributed by atoms with E-state index in [4.69, 9.17) is 10.5 Å². The Morgan fingerprint density at radius 3 is 2.63 bits per heavy atom. The van der Waals surface area contributed by atoms with Crippen LogP contribution in [0.4, 0.5) is 20.0 Å². The van der Waals surface area contributed by atoms with Crippen LogP contribution in [0.1, 0.15) is 16.5 Å². The Labute approximate surface area is 218 Å². The molecule has 196 valence electrons. The quantitative estimate of drug-likeness (QED) is 0.274. The lowest BCUT2D eigenvalue weighted by atomic mass is 10.1. The van der Waals surface area contributed by atoms with Crippen LogP contribution in [0.25, 0.3) is 21.6 Å². The monoisotopic (exact) mass is 540 g/mol. The lowest BCUT2D eigenvalue weighted by Gasteiger charge is -2.32. The van der Waals surface area contributed by atoms with E-state index in [1.807, 2.05) is 0 Å². The minimum Gasteiger partial charge on any atom is -0.478 e. The van der Waals surface area contributed by atoms with Gasteiger partial charge in [-0.2, -0.15) is 5.10 Å². The van der Waals surface area contributed by atoms with E-state index >= 15 is 0 Å². The maximum Gasteiger partial charge on any atom is 0.336 e. The fourth-order valence-electron chi connectivity index (χ4n) is 4.04. The number of pyridine rings is 1. The van der Waals surface area contributed by atoms with Gasteiger partial charge in [0.15, 0.2) is 16.9 Å². The Hall–Kier alpha value is -4.47. The minimum atomic E-state index is -1.22. The van der Waals surface area contributed by atoms with Gasteiger partial charge in [0.1, 0.15) is 5.82 Å². The highest BCUT2D eigenvalue weighted by Gasteiger charge is 2.31. The highest BCUT2D eigenvalue weighted by atomic mass is 32.1. The number of hydrogen-bond acceptors (Lipinski definition) is 9. The van der Waals surface area contributed by atoms with Crippen molar-refractivity contribution >= 4 is 51.1 Å². The van der Waals surface area contributed by atoms with Crippen molar-refractivity contribution in [3.05, 3.63) is 54.1 Å². The molecule has 0 aliphatic carbocycles. The third kappa shape index (κ3) is 5.02. The molecule has 38 heavy (non-hydrogen) atoms. The molecule has 0 radical (unpaired) electrons. The first-order chi connectivity index (χ1) is 18.3. The third-order valence-electron chi connectivity index (χ3n) is 5.78. The van der Waals surface area contributed by atoms with Crippen molar-refractivity contribution in [2.45, 2.75) is 6.17 Å². The van der Waals surface area contributed by atoms with E-state index < -0.39 is 29.9 Å². The summed E-state index contributed by atoms with van der Waals surface area (Å²) in [6.45, 7) is 1.67. The van der Waals surface area contributed by atoms with E-state index in [9.17, 15) is 23.9 Å². The predicted molar refractivity (Wildman–Crippen MR) is 135 cm³/mol. The predicted octanol–water partition coefficient (Wildman–Crippen LogP) is 2.35. The van der Waals surface area contributed by atoms with E-state index in [2.05, 4.69) is 25.7 Å².